The van der Waals surface area contributed by atoms with Crippen LogP contribution in [0.15, 0.2) is 47.6 Å². The zero-order chi connectivity index (χ0) is 23.1. The standard InChI is InChI=1S/C20H20ClN5O5S/c1-30-10-9-25-19(13-3-5-14(21)6-4-13)23-24-20(25)32-12-18(27)22-16-11-15(26(28)29)7-8-17(16)31-2/h3-8,11H,9-10,12H2,1-2H3,(H,22,27). The molecule has 12 heteroatoms. The first kappa shape index (κ1) is 23.5. The second-order valence-electron chi connectivity index (χ2n) is 6.44. The number of amides is 1. The van der Waals surface area contributed by atoms with Crippen molar-refractivity contribution >= 4 is 40.6 Å². The number of non-ortho nitro benzene ring substituents is 1. The van der Waals surface area contributed by atoms with Gasteiger partial charge in [0.2, 0.25) is 5.91 Å². The van der Waals surface area contributed by atoms with Crippen LogP contribution in [-0.2, 0) is 16.1 Å². The minimum absolute atomic E-state index is 0.0115. The molecule has 32 heavy (non-hydrogen) atoms. The van der Waals surface area contributed by atoms with Gasteiger partial charge in [0.15, 0.2) is 11.0 Å². The number of carbonyl (C=O) groups excluding carboxylic acids is 1. The molecule has 0 atom stereocenters. The lowest BCUT2D eigenvalue weighted by Gasteiger charge is -2.11. The Morgan fingerprint density at radius 3 is 2.62 bits per heavy atom. The molecule has 0 saturated heterocycles. The summed E-state index contributed by atoms with van der Waals surface area (Å²) in [4.78, 5) is 23.0. The van der Waals surface area contributed by atoms with E-state index in [2.05, 4.69) is 15.5 Å². The van der Waals surface area contributed by atoms with Gasteiger partial charge in [0, 0.05) is 29.8 Å². The number of anilines is 1. The molecule has 0 bridgehead atoms. The number of nitrogens with zero attached hydrogens (tertiary/aromatic N) is 4. The third kappa shape index (κ3) is 5.75. The summed E-state index contributed by atoms with van der Waals surface area (Å²) in [7, 11) is 3.02. The summed E-state index contributed by atoms with van der Waals surface area (Å²) < 4.78 is 12.2. The summed E-state index contributed by atoms with van der Waals surface area (Å²) in [5.74, 6) is 0.588. The van der Waals surface area contributed by atoms with Crippen molar-refractivity contribution in [3.63, 3.8) is 0 Å². The molecule has 0 aliphatic rings. The number of nitro groups is 1. The Kier molecular flexibility index (Phi) is 8.03. The summed E-state index contributed by atoms with van der Waals surface area (Å²) in [5.41, 5.74) is 0.895. The highest BCUT2D eigenvalue weighted by atomic mass is 35.5. The lowest BCUT2D eigenvalue weighted by molar-refractivity contribution is -0.384. The molecule has 0 aliphatic carbocycles. The van der Waals surface area contributed by atoms with Crippen molar-refractivity contribution in [2.75, 3.05) is 31.9 Å². The molecule has 0 spiro atoms. The first-order valence-corrected chi connectivity index (χ1v) is 10.7. The highest BCUT2D eigenvalue weighted by molar-refractivity contribution is 7.99. The molecule has 0 unspecified atom stereocenters. The average Bonchev–Trinajstić information content (AvgIpc) is 3.19. The topological polar surface area (TPSA) is 121 Å². The number of thioether (sulfide) groups is 1. The molecule has 3 rings (SSSR count). The normalized spacial score (nSPS) is 10.7. The first-order chi connectivity index (χ1) is 15.4. The van der Waals surface area contributed by atoms with Gasteiger partial charge >= 0.3 is 0 Å². The highest BCUT2D eigenvalue weighted by Crippen LogP contribution is 2.30. The Morgan fingerprint density at radius 1 is 1.22 bits per heavy atom. The minimum atomic E-state index is -0.541. The molecule has 3 aromatic rings. The zero-order valence-electron chi connectivity index (χ0n) is 17.3. The number of aromatic nitrogens is 3. The number of halogens is 1. The van der Waals surface area contributed by atoms with E-state index in [1.54, 1.807) is 19.2 Å². The number of carbonyl (C=O) groups is 1. The first-order valence-electron chi connectivity index (χ1n) is 9.36. The van der Waals surface area contributed by atoms with Crippen molar-refractivity contribution in [3.05, 3.63) is 57.6 Å². The van der Waals surface area contributed by atoms with Gasteiger partial charge in [-0.05, 0) is 30.3 Å². The molecule has 0 radical (unpaired) electrons. The van der Waals surface area contributed by atoms with Crippen LogP contribution in [0.1, 0.15) is 0 Å². The predicted molar refractivity (Wildman–Crippen MR) is 121 cm³/mol. The van der Waals surface area contributed by atoms with Gasteiger partial charge in [-0.3, -0.25) is 19.5 Å². The fourth-order valence-electron chi connectivity index (χ4n) is 2.82. The lowest BCUT2D eigenvalue weighted by atomic mass is 10.2. The van der Waals surface area contributed by atoms with Gasteiger partial charge in [0.1, 0.15) is 5.75 Å². The Labute approximate surface area is 193 Å². The van der Waals surface area contributed by atoms with Gasteiger partial charge in [0.25, 0.3) is 5.69 Å². The number of ether oxygens (including phenoxy) is 2. The molecule has 0 aliphatic heterocycles. The molecule has 2 aromatic carbocycles. The van der Waals surface area contributed by atoms with Crippen LogP contribution in [-0.4, -0.2) is 52.2 Å². The van der Waals surface area contributed by atoms with Crippen molar-refractivity contribution < 1.29 is 19.2 Å². The number of rotatable bonds is 10. The second kappa shape index (κ2) is 10.9. The summed E-state index contributed by atoms with van der Waals surface area (Å²) in [6, 6.07) is 11.2. The van der Waals surface area contributed by atoms with Crippen LogP contribution in [0.3, 0.4) is 0 Å². The highest BCUT2D eigenvalue weighted by Gasteiger charge is 2.17. The van der Waals surface area contributed by atoms with Gasteiger partial charge in [-0.1, -0.05) is 23.4 Å². The third-order valence-electron chi connectivity index (χ3n) is 4.34. The van der Waals surface area contributed by atoms with E-state index in [1.807, 2.05) is 16.7 Å². The van der Waals surface area contributed by atoms with E-state index in [0.29, 0.717) is 34.9 Å². The van der Waals surface area contributed by atoms with Crippen LogP contribution < -0.4 is 10.1 Å². The number of hydrogen-bond acceptors (Lipinski definition) is 8. The number of nitrogens with one attached hydrogen (secondary N) is 1. The number of nitro benzene ring substituents is 1. The maximum Gasteiger partial charge on any atom is 0.271 e. The van der Waals surface area contributed by atoms with Crippen LogP contribution in [0.5, 0.6) is 5.75 Å². The summed E-state index contributed by atoms with van der Waals surface area (Å²) >= 11 is 7.16. The van der Waals surface area contributed by atoms with Crippen LogP contribution in [0.25, 0.3) is 11.4 Å². The van der Waals surface area contributed by atoms with Crippen molar-refractivity contribution in [1.29, 1.82) is 0 Å². The average molecular weight is 478 g/mol. The Morgan fingerprint density at radius 2 is 1.97 bits per heavy atom. The molecule has 1 heterocycles. The third-order valence-corrected chi connectivity index (χ3v) is 5.56. The Hall–Kier alpha value is -3.15. The SMILES string of the molecule is COCCn1c(SCC(=O)Nc2cc([N+](=O)[O-])ccc2OC)nnc1-c1ccc(Cl)cc1. The predicted octanol–water partition coefficient (Wildman–Crippen LogP) is 3.89. The van der Waals surface area contributed by atoms with E-state index in [9.17, 15) is 14.9 Å². The van der Waals surface area contributed by atoms with Gasteiger partial charge in [0.05, 0.1) is 36.6 Å². The zero-order valence-corrected chi connectivity index (χ0v) is 18.9. The molecule has 1 amide bonds. The lowest BCUT2D eigenvalue weighted by Crippen LogP contribution is -2.16. The maximum absolute atomic E-state index is 12.5. The van der Waals surface area contributed by atoms with Crippen LogP contribution in [0.2, 0.25) is 5.02 Å². The van der Waals surface area contributed by atoms with Crippen molar-refractivity contribution in [2.45, 2.75) is 11.7 Å². The molecular formula is C20H20ClN5O5S. The number of hydrogen-bond donors (Lipinski definition) is 1. The molecule has 0 fully saturated rings. The van der Waals surface area contributed by atoms with E-state index in [4.69, 9.17) is 21.1 Å². The van der Waals surface area contributed by atoms with Crippen LogP contribution in [0, 0.1) is 10.1 Å². The van der Waals surface area contributed by atoms with Gasteiger partial charge < -0.3 is 14.8 Å². The van der Waals surface area contributed by atoms with Crippen molar-refractivity contribution in [3.8, 4) is 17.1 Å². The molecule has 1 N–H and O–H groups in total. The van der Waals surface area contributed by atoms with Crippen molar-refractivity contribution in [1.82, 2.24) is 14.8 Å². The monoisotopic (exact) mass is 477 g/mol. The van der Waals surface area contributed by atoms with E-state index in [0.717, 1.165) is 5.56 Å². The quantitative estimate of drug-likeness (QED) is 0.265. The van der Waals surface area contributed by atoms with Gasteiger partial charge in [-0.15, -0.1) is 10.2 Å². The van der Waals surface area contributed by atoms with Crippen LogP contribution >= 0.6 is 23.4 Å². The fourth-order valence-corrected chi connectivity index (χ4v) is 3.71. The Balaban J connectivity index is 1.75. The summed E-state index contributed by atoms with van der Waals surface area (Å²) in [6.07, 6.45) is 0. The number of benzene rings is 2. The smallest absolute Gasteiger partial charge is 0.271 e. The van der Waals surface area contributed by atoms with E-state index >= 15 is 0 Å². The van der Waals surface area contributed by atoms with E-state index < -0.39 is 4.92 Å². The van der Waals surface area contributed by atoms with Gasteiger partial charge in [-0.25, -0.2) is 0 Å². The van der Waals surface area contributed by atoms with Crippen molar-refractivity contribution in [2.24, 2.45) is 0 Å². The second-order valence-corrected chi connectivity index (χ2v) is 7.81. The van der Waals surface area contributed by atoms with Crippen LogP contribution in [0.4, 0.5) is 11.4 Å². The summed E-state index contributed by atoms with van der Waals surface area (Å²) in [5, 5.41) is 23.3. The molecule has 10 nitrogen and oxygen atoms in total. The largest absolute Gasteiger partial charge is 0.495 e. The fraction of sp³-hybridized carbons (Fsp3) is 0.250. The van der Waals surface area contributed by atoms with E-state index in [1.165, 1.54) is 37.1 Å². The Bertz CT molecular complexity index is 1110. The van der Waals surface area contributed by atoms with Gasteiger partial charge in [-0.2, -0.15) is 0 Å². The molecule has 0 saturated carbocycles. The van der Waals surface area contributed by atoms with E-state index in [-0.39, 0.29) is 23.0 Å². The maximum atomic E-state index is 12.5. The minimum Gasteiger partial charge on any atom is -0.495 e. The molecule has 168 valence electrons. The summed E-state index contributed by atoms with van der Waals surface area (Å²) in [6.45, 7) is 0.924. The molecular weight excluding hydrogens is 458 g/mol. The number of methoxy groups -OCH3 is 2. The molecule has 1 aromatic heterocycles.